The van der Waals surface area contributed by atoms with Crippen LogP contribution in [0.1, 0.15) is 36.4 Å². The zero-order valence-corrected chi connectivity index (χ0v) is 21.3. The van der Waals surface area contributed by atoms with Gasteiger partial charge in [-0.05, 0) is 49.2 Å². The van der Waals surface area contributed by atoms with E-state index < -0.39 is 34.2 Å². The highest BCUT2D eigenvalue weighted by molar-refractivity contribution is 7.91. The Balaban J connectivity index is 1.35. The molecule has 1 saturated carbocycles. The first-order valence-corrected chi connectivity index (χ1v) is 13.8. The normalized spacial score (nSPS) is 22.9. The molecule has 1 heterocycles. The van der Waals surface area contributed by atoms with E-state index in [1.165, 1.54) is 19.2 Å². The van der Waals surface area contributed by atoms with Crippen molar-refractivity contribution in [2.24, 2.45) is 4.36 Å². The number of para-hydroxylation sites is 2. The van der Waals surface area contributed by atoms with E-state index >= 15 is 0 Å². The molecular formula is C27H28F3N3O4S. The molecule has 0 radical (unpaired) electrons. The molecule has 5 rings (SSSR count). The number of nitrogens with zero attached hydrogens (tertiary/aromatic N) is 1. The number of ether oxygens (including phenoxy) is 2. The van der Waals surface area contributed by atoms with Gasteiger partial charge in [0, 0.05) is 30.3 Å². The minimum Gasteiger partial charge on any atom is -0.457 e. The van der Waals surface area contributed by atoms with Crippen molar-refractivity contribution in [1.82, 2.24) is 10.0 Å². The number of aliphatic hydroxyl groups excluding tert-OH is 1. The lowest BCUT2D eigenvalue weighted by Crippen LogP contribution is -2.56. The Morgan fingerprint density at radius 1 is 0.947 bits per heavy atom. The molecule has 1 aliphatic carbocycles. The zero-order valence-electron chi connectivity index (χ0n) is 20.5. The maximum absolute atomic E-state index is 13.7. The van der Waals surface area contributed by atoms with E-state index in [-0.39, 0.29) is 17.0 Å². The van der Waals surface area contributed by atoms with E-state index in [4.69, 9.17) is 4.74 Å². The molecule has 0 spiro atoms. The lowest BCUT2D eigenvalue weighted by atomic mass is 9.86. The Hall–Kier alpha value is -3.12. The molecule has 0 saturated heterocycles. The highest BCUT2D eigenvalue weighted by Crippen LogP contribution is 2.43. The number of halogens is 3. The summed E-state index contributed by atoms with van der Waals surface area (Å²) in [6.07, 6.45) is -3.70. The van der Waals surface area contributed by atoms with Crippen LogP contribution >= 0.6 is 0 Å². The number of alkyl halides is 3. The molecule has 7 nitrogen and oxygen atoms in total. The number of hydrogen-bond acceptors (Lipinski definition) is 6. The van der Waals surface area contributed by atoms with Gasteiger partial charge in [-0.3, -0.25) is 0 Å². The number of fused-ring (bicyclic) bond motifs is 2. The molecule has 4 unspecified atom stereocenters. The first-order chi connectivity index (χ1) is 18.2. The standard InChI is InChI=1S/C27H28F3N3O4S/c1-31-38(35,18-15-13-17(14-16-18)37-27(28,29)30)33-22-10-6-9-21(26(22)34)32-25-19-7-2-4-11-23(19)36-24-12-5-3-8-20(24)25/h2-5,7-8,11-16,21-22,25-26,32,34H,6,9-10H2,1H3,(H,31,33,35). The van der Waals surface area contributed by atoms with E-state index in [0.29, 0.717) is 12.8 Å². The Morgan fingerprint density at radius 3 is 2.11 bits per heavy atom. The van der Waals surface area contributed by atoms with Gasteiger partial charge in [0.05, 0.1) is 17.0 Å². The fraction of sp³-hybridized carbons (Fsp3) is 0.333. The Bertz CT molecular complexity index is 1360. The lowest BCUT2D eigenvalue weighted by molar-refractivity contribution is -0.274. The van der Waals surface area contributed by atoms with E-state index in [2.05, 4.69) is 19.1 Å². The molecule has 1 fully saturated rings. The minimum atomic E-state index is -4.82. The summed E-state index contributed by atoms with van der Waals surface area (Å²) in [4.78, 5) is 0.198. The quantitative estimate of drug-likeness (QED) is 0.389. The fourth-order valence-electron chi connectivity index (χ4n) is 5.05. The van der Waals surface area contributed by atoms with Crippen LogP contribution in [0.2, 0.25) is 0 Å². The lowest BCUT2D eigenvalue weighted by Gasteiger charge is -2.39. The van der Waals surface area contributed by atoms with Crippen molar-refractivity contribution in [2.45, 2.75) is 54.7 Å². The molecule has 0 aromatic heterocycles. The Labute approximate surface area is 219 Å². The van der Waals surface area contributed by atoms with Gasteiger partial charge in [-0.1, -0.05) is 42.8 Å². The third kappa shape index (κ3) is 5.51. The second kappa shape index (κ2) is 10.6. The van der Waals surface area contributed by atoms with Gasteiger partial charge in [0.15, 0.2) is 0 Å². The van der Waals surface area contributed by atoms with Crippen molar-refractivity contribution in [2.75, 3.05) is 7.05 Å². The molecule has 202 valence electrons. The number of aliphatic hydroxyl groups is 1. The molecular weight excluding hydrogens is 519 g/mol. The van der Waals surface area contributed by atoms with E-state index in [1.54, 1.807) is 0 Å². The van der Waals surface area contributed by atoms with Crippen LogP contribution in [0.25, 0.3) is 0 Å². The van der Waals surface area contributed by atoms with Crippen molar-refractivity contribution >= 4 is 9.92 Å². The van der Waals surface area contributed by atoms with Crippen molar-refractivity contribution in [3.63, 3.8) is 0 Å². The fourth-order valence-corrected chi connectivity index (χ4v) is 6.68. The van der Waals surface area contributed by atoms with Gasteiger partial charge in [-0.15, -0.1) is 13.2 Å². The van der Waals surface area contributed by atoms with Crippen LogP contribution < -0.4 is 19.5 Å². The summed E-state index contributed by atoms with van der Waals surface area (Å²) in [6, 6.07) is 19.1. The second-order valence-electron chi connectivity index (χ2n) is 9.26. The van der Waals surface area contributed by atoms with Crippen LogP contribution in [-0.2, 0) is 9.92 Å². The van der Waals surface area contributed by atoms with Gasteiger partial charge in [-0.25, -0.2) is 13.3 Å². The number of nitrogens with one attached hydrogen (secondary N) is 2. The predicted molar refractivity (Wildman–Crippen MR) is 136 cm³/mol. The monoisotopic (exact) mass is 547 g/mol. The molecule has 3 N–H and O–H groups in total. The predicted octanol–water partition coefficient (Wildman–Crippen LogP) is 5.31. The van der Waals surface area contributed by atoms with Gasteiger partial charge in [0.1, 0.15) is 27.2 Å². The molecule has 2 aliphatic rings. The van der Waals surface area contributed by atoms with Crippen LogP contribution in [0.15, 0.2) is 82.1 Å². The molecule has 3 aromatic carbocycles. The van der Waals surface area contributed by atoms with Crippen LogP contribution in [0.4, 0.5) is 13.2 Å². The average Bonchev–Trinajstić information content (AvgIpc) is 2.90. The summed E-state index contributed by atoms with van der Waals surface area (Å²) in [5.74, 6) is 1.07. The summed E-state index contributed by atoms with van der Waals surface area (Å²) in [6.45, 7) is 0. The molecule has 0 bridgehead atoms. The van der Waals surface area contributed by atoms with Gasteiger partial charge >= 0.3 is 6.36 Å². The summed E-state index contributed by atoms with van der Waals surface area (Å²) < 4.78 is 68.3. The third-order valence-electron chi connectivity index (χ3n) is 6.86. The molecule has 3 aromatic rings. The van der Waals surface area contributed by atoms with Crippen LogP contribution in [0.5, 0.6) is 17.2 Å². The van der Waals surface area contributed by atoms with Crippen LogP contribution in [-0.4, -0.2) is 40.9 Å². The highest BCUT2D eigenvalue weighted by Gasteiger charge is 2.37. The highest BCUT2D eigenvalue weighted by atomic mass is 32.2. The van der Waals surface area contributed by atoms with Gasteiger partial charge in [0.25, 0.3) is 0 Å². The minimum absolute atomic E-state index is 0.198. The van der Waals surface area contributed by atoms with Crippen molar-refractivity contribution in [3.8, 4) is 17.2 Å². The van der Waals surface area contributed by atoms with E-state index in [0.717, 1.165) is 41.2 Å². The van der Waals surface area contributed by atoms with Crippen LogP contribution in [0, 0.1) is 0 Å². The number of hydrogen-bond donors (Lipinski definition) is 3. The third-order valence-corrected chi connectivity index (χ3v) is 8.91. The molecule has 1 aliphatic heterocycles. The molecule has 11 heteroatoms. The van der Waals surface area contributed by atoms with Gasteiger partial charge < -0.3 is 19.9 Å². The average molecular weight is 548 g/mol. The number of benzene rings is 3. The summed E-state index contributed by atoms with van der Waals surface area (Å²) in [5, 5.41) is 15.0. The first-order valence-electron chi connectivity index (χ1n) is 12.2. The van der Waals surface area contributed by atoms with Crippen molar-refractivity contribution < 1.29 is 32.0 Å². The SMILES string of the molecule is CN=S(=O)(NC1CCCC(NC2c3ccccc3Oc3ccccc32)C1O)c1ccc(OC(F)(F)F)cc1. The topological polar surface area (TPSA) is 92.2 Å². The van der Waals surface area contributed by atoms with Crippen molar-refractivity contribution in [1.29, 1.82) is 0 Å². The van der Waals surface area contributed by atoms with E-state index in [1.807, 2.05) is 48.5 Å². The first kappa shape index (κ1) is 26.5. The van der Waals surface area contributed by atoms with Crippen molar-refractivity contribution in [3.05, 3.63) is 83.9 Å². The smallest absolute Gasteiger partial charge is 0.457 e. The maximum atomic E-state index is 13.7. The second-order valence-corrected chi connectivity index (χ2v) is 11.4. The summed E-state index contributed by atoms with van der Waals surface area (Å²) in [5.41, 5.74) is 1.92. The van der Waals surface area contributed by atoms with Gasteiger partial charge in [0.2, 0.25) is 0 Å². The van der Waals surface area contributed by atoms with E-state index in [9.17, 15) is 22.5 Å². The largest absolute Gasteiger partial charge is 0.573 e. The Kier molecular flexibility index (Phi) is 7.36. The van der Waals surface area contributed by atoms with Gasteiger partial charge in [-0.2, -0.15) is 0 Å². The zero-order chi connectivity index (χ0) is 26.9. The number of rotatable bonds is 6. The molecule has 4 atom stereocenters. The van der Waals surface area contributed by atoms with Crippen LogP contribution in [0.3, 0.4) is 0 Å². The molecule has 38 heavy (non-hydrogen) atoms. The summed E-state index contributed by atoms with van der Waals surface area (Å²) in [7, 11) is -1.85. The maximum Gasteiger partial charge on any atom is 0.573 e. The Morgan fingerprint density at radius 2 is 1.53 bits per heavy atom. The molecule has 0 amide bonds. The summed E-state index contributed by atoms with van der Waals surface area (Å²) >= 11 is 0.